The highest BCUT2D eigenvalue weighted by Crippen LogP contribution is 2.25. The summed E-state index contributed by atoms with van der Waals surface area (Å²) in [6.45, 7) is 9.83. The first kappa shape index (κ1) is 16.4. The van der Waals surface area contributed by atoms with Crippen molar-refractivity contribution in [3.05, 3.63) is 0 Å². The summed E-state index contributed by atoms with van der Waals surface area (Å²) >= 11 is 0. The summed E-state index contributed by atoms with van der Waals surface area (Å²) in [5.41, 5.74) is -0.230. The fourth-order valence-electron chi connectivity index (χ4n) is 2.71. The number of hydrogen-bond acceptors (Lipinski definition) is 4. The van der Waals surface area contributed by atoms with Crippen LogP contribution in [0, 0.1) is 0 Å². The third-order valence-corrected chi connectivity index (χ3v) is 3.82. The van der Waals surface area contributed by atoms with Crippen molar-refractivity contribution in [2.75, 3.05) is 32.9 Å². The third kappa shape index (κ3) is 5.49. The minimum absolute atomic E-state index is 0.117. The topological polar surface area (TPSA) is 38.8 Å². The lowest BCUT2D eigenvalue weighted by Crippen LogP contribution is -2.51. The average Bonchev–Trinajstić information content (AvgIpc) is 2.66. The molecule has 4 nitrogen and oxygen atoms in total. The minimum atomic E-state index is -0.230. The number of likely N-dealkylation sites (tertiary alicyclic amines) is 1. The molecule has 1 unspecified atom stereocenters. The van der Waals surface area contributed by atoms with Gasteiger partial charge in [-0.3, -0.25) is 9.69 Å². The first-order valence-electron chi connectivity index (χ1n) is 7.61. The van der Waals surface area contributed by atoms with Crippen LogP contribution < -0.4 is 0 Å². The zero-order valence-electron chi connectivity index (χ0n) is 12.7. The average molecular weight is 271 g/mol. The lowest BCUT2D eigenvalue weighted by atomic mass is 9.95. The smallest absolute Gasteiger partial charge is 0.307 e. The Kier molecular flexibility index (Phi) is 7.39. The van der Waals surface area contributed by atoms with Crippen molar-refractivity contribution in [2.45, 2.75) is 58.4 Å². The maximum Gasteiger partial charge on any atom is 0.307 e. The first-order valence-corrected chi connectivity index (χ1v) is 7.61. The number of carbonyl (C=O) groups is 1. The molecule has 0 aromatic rings. The molecule has 1 fully saturated rings. The number of carbonyl (C=O) groups excluding carboxylic acids is 1. The van der Waals surface area contributed by atoms with Crippen molar-refractivity contribution in [1.29, 1.82) is 0 Å². The van der Waals surface area contributed by atoms with Gasteiger partial charge >= 0.3 is 5.97 Å². The standard InChI is InChI=1S/C15H29NO3/c1-4-18-13-15(3,12-14(17)19-5-2)16-10-8-6-7-9-11-16/h4-13H2,1-3H3. The monoisotopic (exact) mass is 271 g/mol. The van der Waals surface area contributed by atoms with Crippen LogP contribution in [0.4, 0.5) is 0 Å². The van der Waals surface area contributed by atoms with E-state index in [1.807, 2.05) is 13.8 Å². The molecule has 1 atom stereocenters. The van der Waals surface area contributed by atoms with E-state index in [2.05, 4.69) is 11.8 Å². The highest BCUT2D eigenvalue weighted by molar-refractivity contribution is 5.70. The van der Waals surface area contributed by atoms with Crippen molar-refractivity contribution >= 4 is 5.97 Å². The molecule has 1 saturated heterocycles. The van der Waals surface area contributed by atoms with E-state index in [0.29, 0.717) is 26.2 Å². The second kappa shape index (κ2) is 8.54. The summed E-state index contributed by atoms with van der Waals surface area (Å²) in [5.74, 6) is -0.117. The van der Waals surface area contributed by atoms with Gasteiger partial charge in [0.25, 0.3) is 0 Å². The lowest BCUT2D eigenvalue weighted by Gasteiger charge is -2.40. The molecule has 0 spiro atoms. The largest absolute Gasteiger partial charge is 0.466 e. The van der Waals surface area contributed by atoms with Crippen LogP contribution >= 0.6 is 0 Å². The summed E-state index contributed by atoms with van der Waals surface area (Å²) in [6.07, 6.45) is 5.43. The maximum absolute atomic E-state index is 11.8. The predicted molar refractivity (Wildman–Crippen MR) is 76.2 cm³/mol. The van der Waals surface area contributed by atoms with Crippen molar-refractivity contribution in [3.63, 3.8) is 0 Å². The molecular weight excluding hydrogens is 242 g/mol. The van der Waals surface area contributed by atoms with Gasteiger partial charge in [0.15, 0.2) is 0 Å². The van der Waals surface area contributed by atoms with E-state index in [-0.39, 0.29) is 11.5 Å². The number of nitrogens with zero attached hydrogens (tertiary/aromatic N) is 1. The summed E-state index contributed by atoms with van der Waals surface area (Å²) in [5, 5.41) is 0. The van der Waals surface area contributed by atoms with Crippen LogP contribution in [0.5, 0.6) is 0 Å². The summed E-state index contributed by atoms with van der Waals surface area (Å²) in [4.78, 5) is 14.3. The van der Waals surface area contributed by atoms with Gasteiger partial charge in [0, 0.05) is 6.61 Å². The van der Waals surface area contributed by atoms with Gasteiger partial charge < -0.3 is 9.47 Å². The van der Waals surface area contributed by atoms with Gasteiger partial charge in [0.2, 0.25) is 0 Å². The van der Waals surface area contributed by atoms with Gasteiger partial charge in [-0.2, -0.15) is 0 Å². The van der Waals surface area contributed by atoms with Crippen LogP contribution in [0.3, 0.4) is 0 Å². The molecule has 112 valence electrons. The SMILES string of the molecule is CCOCC(C)(CC(=O)OCC)N1CCCCCC1. The van der Waals surface area contributed by atoms with Crippen molar-refractivity contribution in [1.82, 2.24) is 4.90 Å². The van der Waals surface area contributed by atoms with Gasteiger partial charge in [-0.15, -0.1) is 0 Å². The van der Waals surface area contributed by atoms with Gasteiger partial charge in [-0.25, -0.2) is 0 Å². The molecule has 1 aliphatic rings. The quantitative estimate of drug-likeness (QED) is 0.667. The Balaban J connectivity index is 2.68. The van der Waals surface area contributed by atoms with Crippen LogP contribution in [-0.4, -0.2) is 49.3 Å². The molecule has 1 heterocycles. The summed E-state index contributed by atoms with van der Waals surface area (Å²) < 4.78 is 10.7. The van der Waals surface area contributed by atoms with E-state index >= 15 is 0 Å². The molecule has 4 heteroatoms. The highest BCUT2D eigenvalue weighted by atomic mass is 16.5. The second-order valence-corrected chi connectivity index (χ2v) is 5.52. The number of ether oxygens (including phenoxy) is 2. The van der Waals surface area contributed by atoms with E-state index in [9.17, 15) is 4.79 Å². The molecule has 0 saturated carbocycles. The third-order valence-electron chi connectivity index (χ3n) is 3.82. The van der Waals surface area contributed by atoms with Gasteiger partial charge in [0.05, 0.1) is 25.2 Å². The predicted octanol–water partition coefficient (Wildman–Crippen LogP) is 2.61. The Labute approximate surface area is 117 Å². The molecule has 0 amide bonds. The van der Waals surface area contributed by atoms with Gasteiger partial charge in [0.1, 0.15) is 0 Å². The van der Waals surface area contributed by atoms with Crippen LogP contribution in [0.15, 0.2) is 0 Å². The van der Waals surface area contributed by atoms with Gasteiger partial charge in [-0.1, -0.05) is 12.8 Å². The van der Waals surface area contributed by atoms with E-state index in [1.54, 1.807) is 0 Å². The number of rotatable bonds is 7. The van der Waals surface area contributed by atoms with Crippen LogP contribution in [0.1, 0.15) is 52.9 Å². The van der Waals surface area contributed by atoms with E-state index in [1.165, 1.54) is 25.7 Å². The Bertz CT molecular complexity index is 262. The second-order valence-electron chi connectivity index (χ2n) is 5.52. The van der Waals surface area contributed by atoms with E-state index in [0.717, 1.165) is 13.1 Å². The maximum atomic E-state index is 11.8. The fourth-order valence-corrected chi connectivity index (χ4v) is 2.71. The summed E-state index contributed by atoms with van der Waals surface area (Å²) in [7, 11) is 0. The van der Waals surface area contributed by atoms with Crippen molar-refractivity contribution < 1.29 is 14.3 Å². The van der Waals surface area contributed by atoms with E-state index < -0.39 is 0 Å². The highest BCUT2D eigenvalue weighted by Gasteiger charge is 2.35. The van der Waals surface area contributed by atoms with E-state index in [4.69, 9.17) is 9.47 Å². The van der Waals surface area contributed by atoms with Crippen molar-refractivity contribution in [2.24, 2.45) is 0 Å². The van der Waals surface area contributed by atoms with Crippen LogP contribution in [0.25, 0.3) is 0 Å². The molecule has 1 aliphatic heterocycles. The fraction of sp³-hybridized carbons (Fsp3) is 0.933. The first-order chi connectivity index (χ1) is 9.12. The Morgan fingerprint density at radius 1 is 1.11 bits per heavy atom. The Morgan fingerprint density at radius 2 is 1.74 bits per heavy atom. The molecule has 0 bridgehead atoms. The van der Waals surface area contributed by atoms with Crippen molar-refractivity contribution in [3.8, 4) is 0 Å². The molecule has 0 aliphatic carbocycles. The minimum Gasteiger partial charge on any atom is -0.466 e. The Hall–Kier alpha value is -0.610. The number of esters is 1. The zero-order valence-corrected chi connectivity index (χ0v) is 12.7. The zero-order chi connectivity index (χ0) is 14.1. The Morgan fingerprint density at radius 3 is 2.26 bits per heavy atom. The van der Waals surface area contributed by atoms with Gasteiger partial charge in [-0.05, 0) is 46.7 Å². The van der Waals surface area contributed by atoms with Crippen LogP contribution in [0.2, 0.25) is 0 Å². The molecule has 0 aromatic heterocycles. The van der Waals surface area contributed by atoms with Crippen LogP contribution in [-0.2, 0) is 14.3 Å². The molecule has 1 rings (SSSR count). The number of hydrogen-bond donors (Lipinski definition) is 0. The normalized spacial score (nSPS) is 20.6. The summed E-state index contributed by atoms with van der Waals surface area (Å²) in [6, 6.07) is 0. The lowest BCUT2D eigenvalue weighted by molar-refractivity contribution is -0.147. The molecule has 0 radical (unpaired) electrons. The molecular formula is C15H29NO3. The molecule has 19 heavy (non-hydrogen) atoms. The molecule has 0 N–H and O–H groups in total. The molecule has 0 aromatic carbocycles.